The van der Waals surface area contributed by atoms with Crippen molar-refractivity contribution in [2.24, 2.45) is 0 Å². The number of benzene rings is 2. The van der Waals surface area contributed by atoms with Crippen molar-refractivity contribution in [2.45, 2.75) is 37.6 Å². The van der Waals surface area contributed by atoms with Gasteiger partial charge in [-0.05, 0) is 35.2 Å². The number of anilines is 1. The quantitative estimate of drug-likeness (QED) is 0.554. The Morgan fingerprint density at radius 3 is 2.31 bits per heavy atom. The highest BCUT2D eigenvalue weighted by atomic mass is 35.5. The third kappa shape index (κ3) is 4.91. The SMILES string of the molecule is CC(C)(C)c1ccc(S(=O)(=O)Nc2nn(Cc3c(F)cccc3Cl)cc2Cl)cc1. The molecule has 2 aromatic carbocycles. The third-order valence-corrected chi connectivity index (χ3v) is 6.35. The predicted octanol–water partition coefficient (Wildman–Crippen LogP) is 5.48. The Hall–Kier alpha value is -2.09. The fourth-order valence-electron chi connectivity index (χ4n) is 2.71. The molecule has 0 spiro atoms. The summed E-state index contributed by atoms with van der Waals surface area (Å²) in [4.78, 5) is 0.0910. The minimum absolute atomic E-state index is 0.00718. The highest BCUT2D eigenvalue weighted by Crippen LogP contribution is 2.27. The van der Waals surface area contributed by atoms with Gasteiger partial charge in [0.2, 0.25) is 0 Å². The number of rotatable bonds is 5. The van der Waals surface area contributed by atoms with Gasteiger partial charge in [-0.3, -0.25) is 9.40 Å². The molecule has 29 heavy (non-hydrogen) atoms. The van der Waals surface area contributed by atoms with Crippen LogP contribution in [-0.2, 0) is 22.0 Å². The molecule has 0 unspecified atom stereocenters. The standard InChI is InChI=1S/C20H20Cl2FN3O2S/c1-20(2,3)13-7-9-14(10-8-13)29(27,28)25-19-17(22)12-26(24-19)11-15-16(21)5-4-6-18(15)23/h4-10,12H,11H2,1-3H3,(H,24,25). The van der Waals surface area contributed by atoms with E-state index < -0.39 is 15.8 Å². The first-order chi connectivity index (χ1) is 13.5. The molecule has 1 aromatic heterocycles. The molecule has 0 aliphatic carbocycles. The van der Waals surface area contributed by atoms with Crippen LogP contribution in [0, 0.1) is 5.82 Å². The van der Waals surface area contributed by atoms with E-state index >= 15 is 0 Å². The average Bonchev–Trinajstić information content (AvgIpc) is 2.96. The van der Waals surface area contributed by atoms with Gasteiger partial charge in [-0.2, -0.15) is 5.10 Å². The first kappa shape index (κ1) is 21.6. The van der Waals surface area contributed by atoms with E-state index in [1.54, 1.807) is 18.2 Å². The molecular formula is C20H20Cl2FN3O2S. The van der Waals surface area contributed by atoms with Crippen LogP contribution in [0.4, 0.5) is 10.2 Å². The lowest BCUT2D eigenvalue weighted by Gasteiger charge is -2.19. The smallest absolute Gasteiger partial charge is 0.263 e. The average molecular weight is 456 g/mol. The van der Waals surface area contributed by atoms with Gasteiger partial charge in [0, 0.05) is 16.8 Å². The number of halogens is 3. The van der Waals surface area contributed by atoms with Crippen LogP contribution in [0.5, 0.6) is 0 Å². The van der Waals surface area contributed by atoms with E-state index in [2.05, 4.69) is 9.82 Å². The first-order valence-corrected chi connectivity index (χ1v) is 11.0. The monoisotopic (exact) mass is 455 g/mol. The molecule has 1 heterocycles. The van der Waals surface area contributed by atoms with Crippen molar-refractivity contribution in [3.05, 3.63) is 75.7 Å². The highest BCUT2D eigenvalue weighted by Gasteiger charge is 2.20. The predicted molar refractivity (Wildman–Crippen MR) is 114 cm³/mol. The van der Waals surface area contributed by atoms with Crippen LogP contribution in [0.15, 0.2) is 53.6 Å². The van der Waals surface area contributed by atoms with E-state index in [-0.39, 0.29) is 38.3 Å². The zero-order valence-electron chi connectivity index (χ0n) is 16.1. The van der Waals surface area contributed by atoms with E-state index in [0.717, 1.165) is 5.56 Å². The molecule has 1 N–H and O–H groups in total. The van der Waals surface area contributed by atoms with E-state index in [1.807, 2.05) is 20.8 Å². The molecule has 0 atom stereocenters. The largest absolute Gasteiger partial charge is 0.264 e. The Labute approximate surface area is 179 Å². The third-order valence-electron chi connectivity index (χ3n) is 4.36. The topological polar surface area (TPSA) is 64.0 Å². The van der Waals surface area contributed by atoms with Gasteiger partial charge in [0.05, 0.1) is 11.4 Å². The second-order valence-electron chi connectivity index (χ2n) is 7.60. The second kappa shape index (κ2) is 7.97. The minimum Gasteiger partial charge on any atom is -0.264 e. The maximum atomic E-state index is 14.0. The summed E-state index contributed by atoms with van der Waals surface area (Å²) in [5.74, 6) is -0.524. The van der Waals surface area contributed by atoms with Crippen LogP contribution in [0.1, 0.15) is 31.9 Å². The van der Waals surface area contributed by atoms with E-state index in [9.17, 15) is 12.8 Å². The molecule has 0 saturated heterocycles. The first-order valence-electron chi connectivity index (χ1n) is 8.76. The lowest BCUT2D eigenvalue weighted by Crippen LogP contribution is -2.15. The Balaban J connectivity index is 1.83. The Bertz CT molecular complexity index is 1120. The fourth-order valence-corrected chi connectivity index (χ4v) is 4.21. The summed E-state index contributed by atoms with van der Waals surface area (Å²) in [7, 11) is -3.88. The Morgan fingerprint density at radius 1 is 1.07 bits per heavy atom. The van der Waals surface area contributed by atoms with Gasteiger partial charge in [0.15, 0.2) is 5.82 Å². The van der Waals surface area contributed by atoms with E-state index in [4.69, 9.17) is 23.2 Å². The molecule has 0 fully saturated rings. The van der Waals surface area contributed by atoms with Crippen LogP contribution in [-0.4, -0.2) is 18.2 Å². The highest BCUT2D eigenvalue weighted by molar-refractivity contribution is 7.92. The fraction of sp³-hybridized carbons (Fsp3) is 0.250. The zero-order valence-corrected chi connectivity index (χ0v) is 18.4. The van der Waals surface area contributed by atoms with E-state index in [0.29, 0.717) is 0 Å². The molecule has 0 bridgehead atoms. The lowest BCUT2D eigenvalue weighted by molar-refractivity contribution is 0.584. The molecule has 0 amide bonds. The molecule has 5 nitrogen and oxygen atoms in total. The van der Waals surface area contributed by atoms with Crippen molar-refractivity contribution in [3.8, 4) is 0 Å². The van der Waals surface area contributed by atoms with Crippen LogP contribution >= 0.6 is 23.2 Å². The van der Waals surface area contributed by atoms with Gasteiger partial charge in [-0.25, -0.2) is 12.8 Å². The van der Waals surface area contributed by atoms with Crippen LogP contribution in [0.3, 0.4) is 0 Å². The summed E-state index contributed by atoms with van der Waals surface area (Å²) >= 11 is 12.2. The van der Waals surface area contributed by atoms with Gasteiger partial charge in [0.25, 0.3) is 10.0 Å². The number of nitrogens with zero attached hydrogens (tertiary/aromatic N) is 2. The van der Waals surface area contributed by atoms with Crippen molar-refractivity contribution >= 4 is 39.0 Å². The van der Waals surface area contributed by atoms with Crippen molar-refractivity contribution in [2.75, 3.05) is 4.72 Å². The summed E-state index contributed by atoms with van der Waals surface area (Å²) in [5.41, 5.74) is 1.16. The number of nitrogens with one attached hydrogen (secondary N) is 1. The van der Waals surface area contributed by atoms with Crippen LogP contribution < -0.4 is 4.72 Å². The van der Waals surface area contributed by atoms with Gasteiger partial charge in [0.1, 0.15) is 10.8 Å². The van der Waals surface area contributed by atoms with Crippen LogP contribution in [0.25, 0.3) is 0 Å². The maximum Gasteiger partial charge on any atom is 0.263 e. The van der Waals surface area contributed by atoms with Crippen LogP contribution in [0.2, 0.25) is 10.0 Å². The van der Waals surface area contributed by atoms with Crippen molar-refractivity contribution in [1.29, 1.82) is 0 Å². The Kier molecular flexibility index (Phi) is 5.94. The zero-order chi connectivity index (χ0) is 21.4. The lowest BCUT2D eigenvalue weighted by atomic mass is 9.87. The summed E-state index contributed by atoms with van der Waals surface area (Å²) in [5, 5.41) is 4.46. The number of sulfonamides is 1. The number of hydrogen-bond acceptors (Lipinski definition) is 3. The van der Waals surface area contributed by atoms with Gasteiger partial charge >= 0.3 is 0 Å². The summed E-state index contributed by atoms with van der Waals surface area (Å²) in [6.45, 7) is 6.14. The molecule has 154 valence electrons. The minimum atomic E-state index is -3.88. The van der Waals surface area contributed by atoms with Gasteiger partial charge in [-0.15, -0.1) is 0 Å². The molecular weight excluding hydrogens is 436 g/mol. The normalized spacial score (nSPS) is 12.2. The molecule has 0 radical (unpaired) electrons. The van der Waals surface area contributed by atoms with Crippen molar-refractivity contribution in [3.63, 3.8) is 0 Å². The Morgan fingerprint density at radius 2 is 1.72 bits per heavy atom. The summed E-state index contributed by atoms with van der Waals surface area (Å²) in [6, 6.07) is 11.0. The van der Waals surface area contributed by atoms with Crippen molar-refractivity contribution < 1.29 is 12.8 Å². The molecule has 9 heteroatoms. The van der Waals surface area contributed by atoms with Crippen molar-refractivity contribution in [1.82, 2.24) is 9.78 Å². The van der Waals surface area contributed by atoms with Gasteiger partial charge < -0.3 is 0 Å². The molecule has 0 aliphatic heterocycles. The summed E-state index contributed by atoms with van der Waals surface area (Å²) < 4.78 is 43.1. The molecule has 0 saturated carbocycles. The summed E-state index contributed by atoms with van der Waals surface area (Å²) in [6.07, 6.45) is 1.41. The number of aromatic nitrogens is 2. The number of hydrogen-bond donors (Lipinski definition) is 1. The molecule has 3 rings (SSSR count). The molecule has 0 aliphatic rings. The molecule has 3 aromatic rings. The van der Waals surface area contributed by atoms with E-state index in [1.165, 1.54) is 35.1 Å². The second-order valence-corrected chi connectivity index (χ2v) is 10.1. The van der Waals surface area contributed by atoms with Gasteiger partial charge in [-0.1, -0.05) is 62.2 Å². The maximum absolute atomic E-state index is 14.0.